The third kappa shape index (κ3) is 5.15. The number of amides is 2. The number of thiophene rings is 1. The maximum atomic E-state index is 12.5. The summed E-state index contributed by atoms with van der Waals surface area (Å²) < 4.78 is 3.13. The van der Waals surface area contributed by atoms with E-state index >= 15 is 0 Å². The van der Waals surface area contributed by atoms with Crippen molar-refractivity contribution in [2.45, 2.75) is 13.0 Å². The lowest BCUT2D eigenvalue weighted by molar-refractivity contribution is 0.0940. The van der Waals surface area contributed by atoms with Gasteiger partial charge in [0.1, 0.15) is 0 Å². The van der Waals surface area contributed by atoms with Crippen molar-refractivity contribution in [2.75, 3.05) is 16.3 Å². The molecule has 0 aliphatic heterocycles. The first-order valence-electron chi connectivity index (χ1n) is 8.71. The van der Waals surface area contributed by atoms with Gasteiger partial charge in [0.25, 0.3) is 11.8 Å². The summed E-state index contributed by atoms with van der Waals surface area (Å²) in [7, 11) is 0. The third-order valence-electron chi connectivity index (χ3n) is 4.07. The van der Waals surface area contributed by atoms with Gasteiger partial charge in [-0.25, -0.2) is 0 Å². The van der Waals surface area contributed by atoms with Gasteiger partial charge in [0.15, 0.2) is 0 Å². The lowest BCUT2D eigenvalue weighted by Gasteiger charge is -2.13. The fourth-order valence-corrected chi connectivity index (χ4v) is 3.80. The summed E-state index contributed by atoms with van der Waals surface area (Å²) in [5, 5.41) is 7.53. The van der Waals surface area contributed by atoms with Crippen molar-refractivity contribution in [2.24, 2.45) is 0 Å². The van der Waals surface area contributed by atoms with Crippen molar-refractivity contribution in [1.82, 2.24) is 5.32 Å². The molecular formula is C21H21N3O2S2. The molecule has 1 aromatic heterocycles. The highest BCUT2D eigenvalue weighted by atomic mass is 32.2. The standard InChI is InChI=1S/C21H21N3O2S2/c1-14(15-7-4-3-5-8-15)22-20(25)16-11-19(28-13-16)21(26)23-17-9-6-10-18(12-17)24-27-2/h3-14,24H,1-2H3,(H,22,25)(H,23,26). The maximum absolute atomic E-state index is 12.5. The minimum Gasteiger partial charge on any atom is -0.345 e. The fourth-order valence-electron chi connectivity index (χ4n) is 2.65. The number of rotatable bonds is 7. The van der Waals surface area contributed by atoms with Gasteiger partial charge in [-0.2, -0.15) is 0 Å². The normalized spacial score (nSPS) is 11.5. The van der Waals surface area contributed by atoms with E-state index in [9.17, 15) is 9.59 Å². The van der Waals surface area contributed by atoms with Crippen LogP contribution in [0.1, 0.15) is 38.6 Å². The Morgan fingerprint density at radius 2 is 1.71 bits per heavy atom. The molecule has 5 nitrogen and oxygen atoms in total. The van der Waals surface area contributed by atoms with Crippen LogP contribution in [0, 0.1) is 0 Å². The summed E-state index contributed by atoms with van der Waals surface area (Å²) >= 11 is 2.73. The molecule has 0 aliphatic rings. The van der Waals surface area contributed by atoms with Crippen molar-refractivity contribution < 1.29 is 9.59 Å². The second-order valence-electron chi connectivity index (χ2n) is 6.15. The van der Waals surface area contributed by atoms with Crippen LogP contribution in [-0.2, 0) is 0 Å². The molecule has 2 aromatic carbocycles. The second kappa shape index (κ2) is 9.43. The second-order valence-corrected chi connectivity index (χ2v) is 7.67. The van der Waals surface area contributed by atoms with E-state index < -0.39 is 0 Å². The molecule has 28 heavy (non-hydrogen) atoms. The Balaban J connectivity index is 1.63. The van der Waals surface area contributed by atoms with Crippen LogP contribution in [0.3, 0.4) is 0 Å². The minimum atomic E-state index is -0.235. The highest BCUT2D eigenvalue weighted by molar-refractivity contribution is 7.99. The number of hydrogen-bond acceptors (Lipinski definition) is 5. The molecule has 0 radical (unpaired) electrons. The molecule has 0 saturated carbocycles. The molecule has 0 fully saturated rings. The molecule has 1 heterocycles. The van der Waals surface area contributed by atoms with Gasteiger partial charge in [-0.05, 0) is 36.8 Å². The molecule has 0 spiro atoms. The molecule has 3 aromatic rings. The molecule has 0 bridgehead atoms. The van der Waals surface area contributed by atoms with Crippen LogP contribution >= 0.6 is 23.3 Å². The van der Waals surface area contributed by atoms with E-state index in [0.717, 1.165) is 11.3 Å². The Morgan fingerprint density at radius 1 is 0.964 bits per heavy atom. The van der Waals surface area contributed by atoms with Crippen molar-refractivity contribution >= 4 is 46.5 Å². The van der Waals surface area contributed by atoms with Gasteiger partial charge in [-0.3, -0.25) is 9.59 Å². The molecule has 0 aliphatic carbocycles. The minimum absolute atomic E-state index is 0.113. The predicted molar refractivity (Wildman–Crippen MR) is 118 cm³/mol. The van der Waals surface area contributed by atoms with E-state index in [1.165, 1.54) is 23.3 Å². The lowest BCUT2D eigenvalue weighted by atomic mass is 10.1. The summed E-state index contributed by atoms with van der Waals surface area (Å²) in [6, 6.07) is 18.7. The van der Waals surface area contributed by atoms with Crippen molar-refractivity contribution in [3.63, 3.8) is 0 Å². The number of benzene rings is 2. The Hall–Kier alpha value is -2.77. The largest absolute Gasteiger partial charge is 0.345 e. The van der Waals surface area contributed by atoms with E-state index in [4.69, 9.17) is 0 Å². The first kappa shape index (κ1) is 20.0. The van der Waals surface area contributed by atoms with Gasteiger partial charge >= 0.3 is 0 Å². The van der Waals surface area contributed by atoms with Crippen LogP contribution in [0.25, 0.3) is 0 Å². The van der Waals surface area contributed by atoms with Crippen molar-refractivity contribution in [1.29, 1.82) is 0 Å². The lowest BCUT2D eigenvalue weighted by Crippen LogP contribution is -2.26. The van der Waals surface area contributed by atoms with Crippen LogP contribution in [0.15, 0.2) is 66.0 Å². The van der Waals surface area contributed by atoms with E-state index in [0.29, 0.717) is 16.1 Å². The summed E-state index contributed by atoms with van der Waals surface area (Å²) in [4.78, 5) is 25.5. The zero-order valence-electron chi connectivity index (χ0n) is 15.6. The van der Waals surface area contributed by atoms with Gasteiger partial charge in [-0.1, -0.05) is 48.3 Å². The SMILES string of the molecule is CSNc1cccc(NC(=O)c2cc(C(=O)NC(C)c3ccccc3)cs2)c1. The monoisotopic (exact) mass is 411 g/mol. The Kier molecular flexibility index (Phi) is 6.73. The molecule has 2 amide bonds. The van der Waals surface area contributed by atoms with E-state index in [1.54, 1.807) is 11.4 Å². The topological polar surface area (TPSA) is 70.2 Å². The van der Waals surface area contributed by atoms with Crippen LogP contribution in [-0.4, -0.2) is 18.1 Å². The van der Waals surface area contributed by atoms with E-state index in [-0.39, 0.29) is 17.9 Å². The zero-order chi connectivity index (χ0) is 19.9. The van der Waals surface area contributed by atoms with E-state index in [2.05, 4.69) is 15.4 Å². The summed E-state index contributed by atoms with van der Waals surface area (Å²) in [5.41, 5.74) is 3.12. The highest BCUT2D eigenvalue weighted by Gasteiger charge is 2.16. The van der Waals surface area contributed by atoms with Crippen LogP contribution < -0.4 is 15.4 Å². The molecule has 144 valence electrons. The number of nitrogens with one attached hydrogen (secondary N) is 3. The van der Waals surface area contributed by atoms with E-state index in [1.807, 2.05) is 67.8 Å². The summed E-state index contributed by atoms with van der Waals surface area (Å²) in [6.07, 6.45) is 1.93. The number of hydrogen-bond donors (Lipinski definition) is 3. The third-order valence-corrected chi connectivity index (χ3v) is 5.44. The Labute approximate surface area is 172 Å². The van der Waals surface area contributed by atoms with Crippen LogP contribution in [0.4, 0.5) is 11.4 Å². The quantitative estimate of drug-likeness (QED) is 0.469. The molecule has 7 heteroatoms. The molecule has 1 unspecified atom stereocenters. The Bertz CT molecular complexity index is 957. The first-order valence-corrected chi connectivity index (χ1v) is 10.8. The smallest absolute Gasteiger partial charge is 0.265 e. The molecular weight excluding hydrogens is 390 g/mol. The van der Waals surface area contributed by atoms with Gasteiger partial charge in [-0.15, -0.1) is 11.3 Å². The summed E-state index contributed by atoms with van der Waals surface area (Å²) in [5.74, 6) is -0.431. The Morgan fingerprint density at radius 3 is 2.46 bits per heavy atom. The summed E-state index contributed by atoms with van der Waals surface area (Å²) in [6.45, 7) is 1.93. The van der Waals surface area contributed by atoms with Crippen molar-refractivity contribution in [3.8, 4) is 0 Å². The van der Waals surface area contributed by atoms with Gasteiger partial charge < -0.3 is 15.4 Å². The molecule has 3 N–H and O–H groups in total. The first-order chi connectivity index (χ1) is 13.6. The van der Waals surface area contributed by atoms with Gasteiger partial charge in [0, 0.05) is 23.0 Å². The number of anilines is 2. The van der Waals surface area contributed by atoms with Gasteiger partial charge in [0.05, 0.1) is 16.5 Å². The average Bonchev–Trinajstić information content (AvgIpc) is 3.20. The van der Waals surface area contributed by atoms with Crippen LogP contribution in [0.2, 0.25) is 0 Å². The molecule has 0 saturated heterocycles. The zero-order valence-corrected chi connectivity index (χ0v) is 17.2. The predicted octanol–water partition coefficient (Wildman–Crippen LogP) is 5.18. The number of carbonyl (C=O) groups is 2. The number of carbonyl (C=O) groups excluding carboxylic acids is 2. The average molecular weight is 412 g/mol. The van der Waals surface area contributed by atoms with Gasteiger partial charge in [0.2, 0.25) is 0 Å². The molecule has 3 rings (SSSR count). The van der Waals surface area contributed by atoms with Crippen LogP contribution in [0.5, 0.6) is 0 Å². The van der Waals surface area contributed by atoms with Crippen molar-refractivity contribution in [3.05, 3.63) is 82.0 Å². The highest BCUT2D eigenvalue weighted by Crippen LogP contribution is 2.21. The molecule has 1 atom stereocenters. The maximum Gasteiger partial charge on any atom is 0.265 e. The fraction of sp³-hybridized carbons (Fsp3) is 0.143.